The zero-order chi connectivity index (χ0) is 13.1. The molecule has 1 aromatic rings. The standard InChI is InChI=1S/C14H25N3S/c1-10(2)17-7-5-4-6-12(17)14-16-9-13(18-14)11(3)8-15/h9-12H,4-8,15H2,1-3H3. The second-order valence-electron chi connectivity index (χ2n) is 5.58. The zero-order valence-electron chi connectivity index (χ0n) is 11.7. The van der Waals surface area contributed by atoms with E-state index in [1.807, 2.05) is 17.5 Å². The Hall–Kier alpha value is -0.450. The molecular weight excluding hydrogens is 242 g/mol. The van der Waals surface area contributed by atoms with Crippen LogP contribution < -0.4 is 5.73 Å². The van der Waals surface area contributed by atoms with Gasteiger partial charge in [0.05, 0.1) is 6.04 Å². The van der Waals surface area contributed by atoms with E-state index in [2.05, 4.69) is 30.7 Å². The summed E-state index contributed by atoms with van der Waals surface area (Å²) in [5.74, 6) is 0.437. The van der Waals surface area contributed by atoms with Gasteiger partial charge < -0.3 is 5.73 Å². The number of thiazole rings is 1. The minimum absolute atomic E-state index is 0.437. The molecule has 2 unspecified atom stereocenters. The van der Waals surface area contributed by atoms with Crippen molar-refractivity contribution in [1.82, 2.24) is 9.88 Å². The number of likely N-dealkylation sites (tertiary alicyclic amines) is 1. The second-order valence-corrected chi connectivity index (χ2v) is 6.67. The third-order valence-electron chi connectivity index (χ3n) is 3.87. The van der Waals surface area contributed by atoms with Crippen LogP contribution in [0.1, 0.15) is 61.9 Å². The molecule has 1 saturated heterocycles. The van der Waals surface area contributed by atoms with Crippen LogP contribution in [0.2, 0.25) is 0 Å². The molecule has 3 nitrogen and oxygen atoms in total. The molecule has 0 aromatic carbocycles. The van der Waals surface area contributed by atoms with Gasteiger partial charge in [-0.1, -0.05) is 13.3 Å². The van der Waals surface area contributed by atoms with Gasteiger partial charge in [0.1, 0.15) is 5.01 Å². The quantitative estimate of drug-likeness (QED) is 0.911. The summed E-state index contributed by atoms with van der Waals surface area (Å²) >= 11 is 1.86. The van der Waals surface area contributed by atoms with Crippen LogP contribution in [0.15, 0.2) is 6.20 Å². The topological polar surface area (TPSA) is 42.1 Å². The maximum absolute atomic E-state index is 5.74. The molecule has 1 aliphatic heterocycles. The number of hydrogen-bond acceptors (Lipinski definition) is 4. The van der Waals surface area contributed by atoms with Crippen LogP contribution in [0.3, 0.4) is 0 Å². The van der Waals surface area contributed by atoms with Crippen molar-refractivity contribution in [3.05, 3.63) is 16.1 Å². The van der Waals surface area contributed by atoms with E-state index in [9.17, 15) is 0 Å². The van der Waals surface area contributed by atoms with Crippen molar-refractivity contribution in [2.24, 2.45) is 5.73 Å². The first kappa shape index (κ1) is 14.0. The van der Waals surface area contributed by atoms with E-state index >= 15 is 0 Å². The van der Waals surface area contributed by atoms with Gasteiger partial charge in [-0.3, -0.25) is 4.90 Å². The van der Waals surface area contributed by atoms with Gasteiger partial charge in [0, 0.05) is 23.0 Å². The molecule has 1 aliphatic rings. The molecule has 0 saturated carbocycles. The van der Waals surface area contributed by atoms with Crippen molar-refractivity contribution in [3.8, 4) is 0 Å². The molecule has 2 N–H and O–H groups in total. The fraction of sp³-hybridized carbons (Fsp3) is 0.786. The maximum Gasteiger partial charge on any atom is 0.110 e. The van der Waals surface area contributed by atoms with Crippen LogP contribution in [0.25, 0.3) is 0 Å². The molecule has 4 heteroatoms. The summed E-state index contributed by atoms with van der Waals surface area (Å²) in [5, 5.41) is 1.29. The van der Waals surface area contributed by atoms with E-state index in [0.717, 1.165) is 0 Å². The van der Waals surface area contributed by atoms with Gasteiger partial charge in [-0.2, -0.15) is 0 Å². The highest BCUT2D eigenvalue weighted by molar-refractivity contribution is 7.11. The number of aromatic nitrogens is 1. The Bertz CT molecular complexity index is 375. The van der Waals surface area contributed by atoms with Crippen molar-refractivity contribution >= 4 is 11.3 Å². The molecule has 2 heterocycles. The van der Waals surface area contributed by atoms with Crippen molar-refractivity contribution in [1.29, 1.82) is 0 Å². The lowest BCUT2D eigenvalue weighted by Gasteiger charge is -2.37. The Morgan fingerprint density at radius 2 is 2.22 bits per heavy atom. The summed E-state index contributed by atoms with van der Waals surface area (Å²) in [4.78, 5) is 8.59. The van der Waals surface area contributed by atoms with Gasteiger partial charge >= 0.3 is 0 Å². The predicted octanol–water partition coefficient (Wildman–Crippen LogP) is 3.14. The largest absolute Gasteiger partial charge is 0.330 e. The minimum Gasteiger partial charge on any atom is -0.330 e. The van der Waals surface area contributed by atoms with Crippen LogP contribution in [-0.2, 0) is 0 Å². The molecule has 18 heavy (non-hydrogen) atoms. The molecule has 0 radical (unpaired) electrons. The van der Waals surface area contributed by atoms with Crippen molar-refractivity contribution < 1.29 is 0 Å². The van der Waals surface area contributed by atoms with E-state index in [4.69, 9.17) is 5.73 Å². The Balaban J connectivity index is 2.15. The first-order valence-electron chi connectivity index (χ1n) is 7.05. The molecule has 0 aliphatic carbocycles. The molecule has 0 spiro atoms. The number of hydrogen-bond donors (Lipinski definition) is 1. The van der Waals surface area contributed by atoms with Gasteiger partial charge in [0.25, 0.3) is 0 Å². The van der Waals surface area contributed by atoms with Crippen LogP contribution >= 0.6 is 11.3 Å². The average Bonchev–Trinajstić information content (AvgIpc) is 2.87. The van der Waals surface area contributed by atoms with Gasteiger partial charge in [-0.25, -0.2) is 4.98 Å². The van der Waals surface area contributed by atoms with E-state index in [1.54, 1.807) is 0 Å². The molecule has 0 bridgehead atoms. The van der Waals surface area contributed by atoms with E-state index < -0.39 is 0 Å². The van der Waals surface area contributed by atoms with Crippen molar-refractivity contribution in [2.75, 3.05) is 13.1 Å². The number of nitrogens with two attached hydrogens (primary N) is 1. The molecule has 2 atom stereocenters. The highest BCUT2D eigenvalue weighted by atomic mass is 32.1. The van der Waals surface area contributed by atoms with Crippen LogP contribution in [0.5, 0.6) is 0 Å². The molecule has 1 fully saturated rings. The fourth-order valence-electron chi connectivity index (χ4n) is 2.64. The summed E-state index contributed by atoms with van der Waals surface area (Å²) in [5.41, 5.74) is 5.74. The fourth-order valence-corrected chi connectivity index (χ4v) is 3.77. The highest BCUT2D eigenvalue weighted by Gasteiger charge is 2.28. The molecular formula is C14H25N3S. The Morgan fingerprint density at radius 3 is 2.89 bits per heavy atom. The maximum atomic E-state index is 5.74. The summed E-state index contributed by atoms with van der Waals surface area (Å²) in [6.45, 7) is 8.67. The predicted molar refractivity (Wildman–Crippen MR) is 78.0 cm³/mol. The highest BCUT2D eigenvalue weighted by Crippen LogP contribution is 2.35. The van der Waals surface area contributed by atoms with Crippen LogP contribution in [0.4, 0.5) is 0 Å². The lowest BCUT2D eigenvalue weighted by Crippen LogP contribution is -2.38. The van der Waals surface area contributed by atoms with E-state index in [-0.39, 0.29) is 0 Å². The zero-order valence-corrected chi connectivity index (χ0v) is 12.5. The monoisotopic (exact) mass is 267 g/mol. The van der Waals surface area contributed by atoms with Gasteiger partial charge in [0.2, 0.25) is 0 Å². The third-order valence-corrected chi connectivity index (χ3v) is 5.20. The summed E-state index contributed by atoms with van der Waals surface area (Å²) < 4.78 is 0. The second kappa shape index (κ2) is 6.13. The number of nitrogens with zero attached hydrogens (tertiary/aromatic N) is 2. The van der Waals surface area contributed by atoms with Gasteiger partial charge in [0.15, 0.2) is 0 Å². The van der Waals surface area contributed by atoms with Gasteiger partial charge in [-0.15, -0.1) is 11.3 Å². The first-order chi connectivity index (χ1) is 8.63. The average molecular weight is 267 g/mol. The number of rotatable bonds is 4. The lowest BCUT2D eigenvalue weighted by molar-refractivity contribution is 0.112. The first-order valence-corrected chi connectivity index (χ1v) is 7.86. The van der Waals surface area contributed by atoms with E-state index in [1.165, 1.54) is 35.7 Å². The van der Waals surface area contributed by atoms with Crippen molar-refractivity contribution in [2.45, 2.75) is 58.0 Å². The Morgan fingerprint density at radius 1 is 1.44 bits per heavy atom. The van der Waals surface area contributed by atoms with Crippen LogP contribution in [0, 0.1) is 0 Å². The summed E-state index contributed by atoms with van der Waals surface area (Å²) in [6.07, 6.45) is 5.94. The summed E-state index contributed by atoms with van der Waals surface area (Å²) in [6, 6.07) is 1.14. The number of piperidine rings is 1. The normalized spacial score (nSPS) is 23.5. The Kier molecular flexibility index (Phi) is 4.76. The third kappa shape index (κ3) is 2.92. The smallest absolute Gasteiger partial charge is 0.110 e. The Labute approximate surface area is 114 Å². The van der Waals surface area contributed by atoms with Crippen LogP contribution in [-0.4, -0.2) is 29.0 Å². The van der Waals surface area contributed by atoms with Gasteiger partial charge in [-0.05, 0) is 39.8 Å². The molecule has 0 amide bonds. The van der Waals surface area contributed by atoms with Crippen molar-refractivity contribution in [3.63, 3.8) is 0 Å². The lowest BCUT2D eigenvalue weighted by atomic mass is 10.0. The SMILES string of the molecule is CC(CN)c1cnc(C2CCCCN2C(C)C)s1. The summed E-state index contributed by atoms with van der Waals surface area (Å²) in [7, 11) is 0. The molecule has 102 valence electrons. The molecule has 2 rings (SSSR count). The molecule has 1 aromatic heterocycles. The van der Waals surface area contributed by atoms with E-state index in [0.29, 0.717) is 24.5 Å². The minimum atomic E-state index is 0.437.